The molecular formula is C11H26N2. The van der Waals surface area contributed by atoms with Gasteiger partial charge in [-0.25, -0.2) is 0 Å². The molecule has 0 radical (unpaired) electrons. The minimum absolute atomic E-state index is 0.907. The molecular weight excluding hydrogens is 160 g/mol. The molecule has 0 aliphatic heterocycles. The Morgan fingerprint density at radius 3 is 2.23 bits per heavy atom. The average Bonchev–Trinajstić information content (AvgIpc) is 2.13. The molecule has 0 saturated heterocycles. The highest BCUT2D eigenvalue weighted by atomic mass is 15.2. The monoisotopic (exact) mass is 186 g/mol. The molecule has 3 N–H and O–H groups in total. The summed E-state index contributed by atoms with van der Waals surface area (Å²) >= 11 is 0. The molecule has 1 atom stereocenters. The van der Waals surface area contributed by atoms with E-state index in [1.54, 1.807) is 0 Å². The first kappa shape index (κ1) is 12.9. The van der Waals surface area contributed by atoms with Crippen LogP contribution in [0.4, 0.5) is 0 Å². The van der Waals surface area contributed by atoms with E-state index < -0.39 is 0 Å². The number of rotatable bonds is 9. The molecule has 2 nitrogen and oxygen atoms in total. The number of nitrogens with two attached hydrogens (primary N) is 1. The Balaban J connectivity index is 3.05. The molecule has 0 aliphatic carbocycles. The molecule has 0 aromatic heterocycles. The average molecular weight is 186 g/mol. The molecule has 0 amide bonds. The van der Waals surface area contributed by atoms with E-state index >= 15 is 0 Å². The number of nitrogens with one attached hydrogen (secondary N) is 1. The van der Waals surface area contributed by atoms with E-state index in [2.05, 4.69) is 19.3 Å². The standard InChI is InChI=1S/C11H26N2/c1-3-4-5-8-11(2)9-6-7-10-13-12/h11,13H,3-10,12H2,1-2H3. The zero-order valence-corrected chi connectivity index (χ0v) is 9.31. The fraction of sp³-hybridized carbons (Fsp3) is 1.00. The summed E-state index contributed by atoms with van der Waals surface area (Å²) in [5.74, 6) is 6.10. The number of unbranched alkanes of at least 4 members (excludes halogenated alkanes) is 3. The topological polar surface area (TPSA) is 38.0 Å². The largest absolute Gasteiger partial charge is 0.271 e. The quantitative estimate of drug-likeness (QED) is 0.330. The summed E-state index contributed by atoms with van der Waals surface area (Å²) < 4.78 is 0. The Morgan fingerprint density at radius 1 is 1.08 bits per heavy atom. The number of hydrazine groups is 1. The van der Waals surface area contributed by atoms with Crippen LogP contribution in [0.1, 0.15) is 58.8 Å². The van der Waals surface area contributed by atoms with Crippen molar-refractivity contribution >= 4 is 0 Å². The molecule has 0 rings (SSSR count). The zero-order valence-electron chi connectivity index (χ0n) is 9.31. The Bertz CT molecular complexity index is 94.1. The summed E-state index contributed by atoms with van der Waals surface area (Å²) in [4.78, 5) is 0. The minimum Gasteiger partial charge on any atom is -0.271 e. The van der Waals surface area contributed by atoms with Crippen molar-refractivity contribution in [3.8, 4) is 0 Å². The van der Waals surface area contributed by atoms with Crippen molar-refractivity contribution in [1.82, 2.24) is 5.43 Å². The Morgan fingerprint density at radius 2 is 1.69 bits per heavy atom. The summed E-state index contributed by atoms with van der Waals surface area (Å²) in [5, 5.41) is 0. The van der Waals surface area contributed by atoms with Crippen LogP contribution in [0, 0.1) is 5.92 Å². The molecule has 2 heteroatoms. The van der Waals surface area contributed by atoms with Gasteiger partial charge in [-0.05, 0) is 12.3 Å². The third-order valence-electron chi connectivity index (χ3n) is 2.57. The second-order valence-electron chi connectivity index (χ2n) is 4.05. The predicted molar refractivity (Wildman–Crippen MR) is 59.3 cm³/mol. The molecule has 0 aromatic carbocycles. The highest BCUT2D eigenvalue weighted by Gasteiger charge is 2.00. The van der Waals surface area contributed by atoms with Crippen molar-refractivity contribution in [1.29, 1.82) is 0 Å². The second-order valence-corrected chi connectivity index (χ2v) is 4.05. The molecule has 0 aliphatic rings. The summed E-state index contributed by atoms with van der Waals surface area (Å²) in [6.45, 7) is 5.59. The van der Waals surface area contributed by atoms with Crippen molar-refractivity contribution in [2.45, 2.75) is 58.8 Å². The van der Waals surface area contributed by atoms with Gasteiger partial charge in [-0.15, -0.1) is 0 Å². The zero-order chi connectivity index (χ0) is 9.94. The second kappa shape index (κ2) is 10.0. The lowest BCUT2D eigenvalue weighted by Gasteiger charge is -2.10. The van der Waals surface area contributed by atoms with Crippen LogP contribution in [0.2, 0.25) is 0 Å². The van der Waals surface area contributed by atoms with Crippen LogP contribution >= 0.6 is 0 Å². The first-order valence-corrected chi connectivity index (χ1v) is 5.74. The first-order valence-electron chi connectivity index (χ1n) is 5.74. The summed E-state index contributed by atoms with van der Waals surface area (Å²) in [7, 11) is 0. The third-order valence-corrected chi connectivity index (χ3v) is 2.57. The van der Waals surface area contributed by atoms with Gasteiger partial charge in [-0.1, -0.05) is 52.4 Å². The molecule has 0 aromatic rings. The highest BCUT2D eigenvalue weighted by Crippen LogP contribution is 2.15. The highest BCUT2D eigenvalue weighted by molar-refractivity contribution is 4.54. The van der Waals surface area contributed by atoms with Crippen LogP contribution in [0.5, 0.6) is 0 Å². The van der Waals surface area contributed by atoms with E-state index in [4.69, 9.17) is 5.84 Å². The van der Waals surface area contributed by atoms with E-state index in [9.17, 15) is 0 Å². The maximum absolute atomic E-state index is 5.19. The van der Waals surface area contributed by atoms with Gasteiger partial charge in [0.15, 0.2) is 0 Å². The summed E-state index contributed by atoms with van der Waals surface area (Å²) in [5.41, 5.74) is 2.69. The SMILES string of the molecule is CCCCCC(C)CCCCNN. The van der Waals surface area contributed by atoms with Gasteiger partial charge in [0, 0.05) is 6.54 Å². The Labute approximate surface area is 83.2 Å². The van der Waals surface area contributed by atoms with Crippen LogP contribution in [0.3, 0.4) is 0 Å². The van der Waals surface area contributed by atoms with Crippen molar-refractivity contribution in [3.05, 3.63) is 0 Å². The van der Waals surface area contributed by atoms with Crippen molar-refractivity contribution in [2.24, 2.45) is 11.8 Å². The van der Waals surface area contributed by atoms with Gasteiger partial charge in [-0.2, -0.15) is 0 Å². The molecule has 0 saturated carbocycles. The molecule has 13 heavy (non-hydrogen) atoms. The maximum Gasteiger partial charge on any atom is 0.00974 e. The van der Waals surface area contributed by atoms with E-state index in [1.165, 1.54) is 44.9 Å². The van der Waals surface area contributed by atoms with Crippen molar-refractivity contribution in [3.63, 3.8) is 0 Å². The lowest BCUT2D eigenvalue weighted by Crippen LogP contribution is -2.22. The van der Waals surface area contributed by atoms with Crippen molar-refractivity contribution < 1.29 is 0 Å². The van der Waals surface area contributed by atoms with E-state index in [0.717, 1.165) is 12.5 Å². The van der Waals surface area contributed by atoms with E-state index in [0.29, 0.717) is 0 Å². The van der Waals surface area contributed by atoms with Crippen molar-refractivity contribution in [2.75, 3.05) is 6.54 Å². The van der Waals surface area contributed by atoms with Crippen LogP contribution in [0.15, 0.2) is 0 Å². The van der Waals surface area contributed by atoms with Gasteiger partial charge in [0.05, 0.1) is 0 Å². The lowest BCUT2D eigenvalue weighted by molar-refractivity contribution is 0.440. The van der Waals surface area contributed by atoms with Crippen LogP contribution in [-0.2, 0) is 0 Å². The number of hydrogen-bond acceptors (Lipinski definition) is 2. The van der Waals surface area contributed by atoms with Crippen LogP contribution < -0.4 is 11.3 Å². The predicted octanol–water partition coefficient (Wildman–Crippen LogP) is 2.84. The Kier molecular flexibility index (Phi) is 9.94. The van der Waals surface area contributed by atoms with Gasteiger partial charge in [0.1, 0.15) is 0 Å². The maximum atomic E-state index is 5.19. The van der Waals surface area contributed by atoms with Gasteiger partial charge < -0.3 is 0 Å². The van der Waals surface area contributed by atoms with Crippen LogP contribution in [-0.4, -0.2) is 6.54 Å². The fourth-order valence-corrected chi connectivity index (χ4v) is 1.61. The molecule has 0 spiro atoms. The minimum atomic E-state index is 0.907. The molecule has 0 bridgehead atoms. The van der Waals surface area contributed by atoms with E-state index in [1.807, 2.05) is 0 Å². The fourth-order valence-electron chi connectivity index (χ4n) is 1.61. The van der Waals surface area contributed by atoms with Gasteiger partial charge in [-0.3, -0.25) is 11.3 Å². The third kappa shape index (κ3) is 9.84. The van der Waals surface area contributed by atoms with Gasteiger partial charge in [0.25, 0.3) is 0 Å². The van der Waals surface area contributed by atoms with Gasteiger partial charge >= 0.3 is 0 Å². The Hall–Kier alpha value is -0.0800. The first-order chi connectivity index (χ1) is 6.31. The summed E-state index contributed by atoms with van der Waals surface area (Å²) in [6.07, 6.45) is 9.45. The number of hydrogen-bond donors (Lipinski definition) is 2. The summed E-state index contributed by atoms with van der Waals surface area (Å²) in [6, 6.07) is 0. The smallest absolute Gasteiger partial charge is 0.00974 e. The molecule has 0 fully saturated rings. The molecule has 80 valence electrons. The van der Waals surface area contributed by atoms with Gasteiger partial charge in [0.2, 0.25) is 0 Å². The van der Waals surface area contributed by atoms with E-state index in [-0.39, 0.29) is 0 Å². The normalized spacial score (nSPS) is 13.2. The molecule has 1 unspecified atom stereocenters. The van der Waals surface area contributed by atoms with Crippen LogP contribution in [0.25, 0.3) is 0 Å². The molecule has 0 heterocycles. The lowest BCUT2D eigenvalue weighted by atomic mass is 9.97.